The maximum absolute atomic E-state index is 13.9. The number of halogens is 1. The number of amides is 1. The van der Waals surface area contributed by atoms with Crippen molar-refractivity contribution in [1.29, 1.82) is 0 Å². The molecule has 0 N–H and O–H groups in total. The lowest BCUT2D eigenvalue weighted by Gasteiger charge is -2.34. The van der Waals surface area contributed by atoms with Crippen LogP contribution < -0.4 is 0 Å². The average molecular weight is 383 g/mol. The van der Waals surface area contributed by atoms with Crippen molar-refractivity contribution in [3.05, 3.63) is 71.5 Å². The Morgan fingerprint density at radius 3 is 2.43 bits per heavy atom. The van der Waals surface area contributed by atoms with E-state index in [2.05, 4.69) is 24.0 Å². The molecule has 1 fully saturated rings. The summed E-state index contributed by atoms with van der Waals surface area (Å²) < 4.78 is 13.9. The Bertz CT molecular complexity index is 741. The number of hydrogen-bond donors (Lipinski definition) is 0. The maximum Gasteiger partial charge on any atom is 0.226 e. The third-order valence-corrected chi connectivity index (χ3v) is 5.60. The topological polar surface area (TPSA) is 23.6 Å². The highest BCUT2D eigenvalue weighted by Gasteiger charge is 2.28. The van der Waals surface area contributed by atoms with Gasteiger partial charge in [-0.2, -0.15) is 0 Å². The summed E-state index contributed by atoms with van der Waals surface area (Å²) in [5.41, 5.74) is 1.92. The van der Waals surface area contributed by atoms with Gasteiger partial charge in [0.25, 0.3) is 0 Å². The third-order valence-electron chi connectivity index (χ3n) is 5.60. The number of rotatable bonds is 8. The van der Waals surface area contributed by atoms with Crippen LogP contribution in [0.3, 0.4) is 0 Å². The second kappa shape index (κ2) is 10.4. The molecule has 4 heteroatoms. The Hall–Kier alpha value is -2.20. The minimum atomic E-state index is -0.144. The average Bonchev–Trinajstić information content (AvgIpc) is 2.73. The van der Waals surface area contributed by atoms with Crippen molar-refractivity contribution in [2.24, 2.45) is 5.92 Å². The van der Waals surface area contributed by atoms with E-state index in [4.69, 9.17) is 0 Å². The lowest BCUT2D eigenvalue weighted by molar-refractivity contribution is -0.137. The maximum atomic E-state index is 13.9. The van der Waals surface area contributed by atoms with Crippen molar-refractivity contribution >= 4 is 5.91 Å². The van der Waals surface area contributed by atoms with Crippen LogP contribution in [-0.4, -0.2) is 35.3 Å². The van der Waals surface area contributed by atoms with Crippen molar-refractivity contribution < 1.29 is 9.18 Å². The summed E-state index contributed by atoms with van der Waals surface area (Å²) in [6, 6.07) is 17.2. The van der Waals surface area contributed by atoms with Crippen LogP contribution in [0, 0.1) is 11.7 Å². The van der Waals surface area contributed by atoms with Gasteiger partial charge >= 0.3 is 0 Å². The highest BCUT2D eigenvalue weighted by Crippen LogP contribution is 2.23. The van der Waals surface area contributed by atoms with E-state index >= 15 is 0 Å². The summed E-state index contributed by atoms with van der Waals surface area (Å²) in [5, 5.41) is 0. The van der Waals surface area contributed by atoms with Crippen LogP contribution in [0.4, 0.5) is 4.39 Å². The van der Waals surface area contributed by atoms with E-state index in [1.807, 2.05) is 35.2 Å². The fourth-order valence-electron chi connectivity index (χ4n) is 3.88. The van der Waals surface area contributed by atoms with E-state index < -0.39 is 0 Å². The molecule has 1 amide bonds. The van der Waals surface area contributed by atoms with Crippen LogP contribution >= 0.6 is 0 Å². The number of nitrogens with zero attached hydrogens (tertiary/aromatic N) is 2. The van der Waals surface area contributed by atoms with E-state index in [1.165, 1.54) is 11.6 Å². The standard InChI is InChI=1S/C24H31FN2O/c1-2-3-15-27(18-20-9-5-4-6-10-20)24(28)21-13-16-26(17-14-21)19-22-11-7-8-12-23(22)25/h4-12,21H,2-3,13-19H2,1H3. The fourth-order valence-corrected chi connectivity index (χ4v) is 3.88. The van der Waals surface area contributed by atoms with Crippen molar-refractivity contribution in [3.63, 3.8) is 0 Å². The summed E-state index contributed by atoms with van der Waals surface area (Å²) in [5.74, 6) is 0.217. The van der Waals surface area contributed by atoms with E-state index in [0.717, 1.165) is 50.9 Å². The molecular weight excluding hydrogens is 351 g/mol. The van der Waals surface area contributed by atoms with Gasteiger partial charge in [0.15, 0.2) is 0 Å². The monoisotopic (exact) mass is 382 g/mol. The first kappa shape index (κ1) is 20.5. The van der Waals surface area contributed by atoms with E-state index in [-0.39, 0.29) is 17.6 Å². The largest absolute Gasteiger partial charge is 0.338 e. The Balaban J connectivity index is 1.56. The van der Waals surface area contributed by atoms with Crippen molar-refractivity contribution in [2.45, 2.75) is 45.7 Å². The van der Waals surface area contributed by atoms with Crippen molar-refractivity contribution in [3.8, 4) is 0 Å². The van der Waals surface area contributed by atoms with E-state index in [1.54, 1.807) is 6.07 Å². The zero-order chi connectivity index (χ0) is 19.8. The molecule has 1 saturated heterocycles. The van der Waals surface area contributed by atoms with Crippen LogP contribution in [0.15, 0.2) is 54.6 Å². The highest BCUT2D eigenvalue weighted by molar-refractivity contribution is 5.79. The quantitative estimate of drug-likeness (QED) is 0.650. The molecule has 3 nitrogen and oxygen atoms in total. The van der Waals surface area contributed by atoms with Crippen LogP contribution in [0.2, 0.25) is 0 Å². The first-order valence-electron chi connectivity index (χ1n) is 10.5. The minimum Gasteiger partial charge on any atom is -0.338 e. The molecule has 0 aromatic heterocycles. The highest BCUT2D eigenvalue weighted by atomic mass is 19.1. The molecule has 2 aromatic rings. The zero-order valence-corrected chi connectivity index (χ0v) is 16.8. The smallest absolute Gasteiger partial charge is 0.226 e. The molecule has 0 saturated carbocycles. The minimum absolute atomic E-state index is 0.0810. The molecule has 28 heavy (non-hydrogen) atoms. The van der Waals surface area contributed by atoms with Crippen LogP contribution in [0.25, 0.3) is 0 Å². The van der Waals surface area contributed by atoms with Crippen LogP contribution in [0.1, 0.15) is 43.7 Å². The first-order chi connectivity index (χ1) is 13.7. The van der Waals surface area contributed by atoms with Crippen LogP contribution in [0.5, 0.6) is 0 Å². The van der Waals surface area contributed by atoms with Crippen molar-refractivity contribution in [1.82, 2.24) is 9.80 Å². The molecule has 0 atom stereocenters. The van der Waals surface area contributed by atoms with Gasteiger partial charge in [0.05, 0.1) is 0 Å². The Morgan fingerprint density at radius 2 is 1.75 bits per heavy atom. The number of likely N-dealkylation sites (tertiary alicyclic amines) is 1. The second-order valence-corrected chi connectivity index (χ2v) is 7.74. The Labute approximate surface area is 168 Å². The normalized spacial score (nSPS) is 15.5. The van der Waals surface area contributed by atoms with E-state index in [0.29, 0.717) is 13.1 Å². The Kier molecular flexibility index (Phi) is 7.61. The van der Waals surface area contributed by atoms with Crippen LogP contribution in [-0.2, 0) is 17.9 Å². The predicted molar refractivity (Wildman–Crippen MR) is 111 cm³/mol. The van der Waals surface area contributed by atoms with Gasteiger partial charge in [-0.05, 0) is 44.0 Å². The first-order valence-corrected chi connectivity index (χ1v) is 10.5. The molecule has 2 aromatic carbocycles. The van der Waals surface area contributed by atoms with Gasteiger partial charge in [0.1, 0.15) is 5.82 Å². The summed E-state index contributed by atoms with van der Waals surface area (Å²) in [6.45, 7) is 5.98. The van der Waals surface area contributed by atoms with Gasteiger partial charge in [-0.25, -0.2) is 4.39 Å². The molecule has 0 bridgehead atoms. The number of benzene rings is 2. The van der Waals surface area contributed by atoms with Gasteiger partial charge in [0.2, 0.25) is 5.91 Å². The molecule has 0 aliphatic carbocycles. The third kappa shape index (κ3) is 5.65. The number of carbonyl (C=O) groups excluding carboxylic acids is 1. The summed E-state index contributed by atoms with van der Waals surface area (Å²) in [6.07, 6.45) is 3.82. The zero-order valence-electron chi connectivity index (χ0n) is 16.8. The number of unbranched alkanes of at least 4 members (excludes halogenated alkanes) is 1. The number of carbonyl (C=O) groups is 1. The second-order valence-electron chi connectivity index (χ2n) is 7.74. The molecule has 1 aliphatic rings. The Morgan fingerprint density at radius 1 is 1.07 bits per heavy atom. The number of piperidine rings is 1. The molecule has 150 valence electrons. The lowest BCUT2D eigenvalue weighted by Crippen LogP contribution is -2.42. The predicted octanol–water partition coefficient (Wildman–Crippen LogP) is 4.87. The summed E-state index contributed by atoms with van der Waals surface area (Å²) in [4.78, 5) is 17.5. The fraction of sp³-hybridized carbons (Fsp3) is 0.458. The summed E-state index contributed by atoms with van der Waals surface area (Å²) >= 11 is 0. The lowest BCUT2D eigenvalue weighted by atomic mass is 9.94. The number of hydrogen-bond acceptors (Lipinski definition) is 2. The van der Waals surface area contributed by atoms with E-state index in [9.17, 15) is 9.18 Å². The van der Waals surface area contributed by atoms with Gasteiger partial charge < -0.3 is 4.90 Å². The van der Waals surface area contributed by atoms with Gasteiger partial charge in [-0.15, -0.1) is 0 Å². The van der Waals surface area contributed by atoms with Gasteiger partial charge in [-0.3, -0.25) is 9.69 Å². The molecule has 1 heterocycles. The van der Waals surface area contributed by atoms with Crippen molar-refractivity contribution in [2.75, 3.05) is 19.6 Å². The van der Waals surface area contributed by atoms with Gasteiger partial charge in [0, 0.05) is 31.1 Å². The van der Waals surface area contributed by atoms with Gasteiger partial charge in [-0.1, -0.05) is 61.9 Å². The summed E-state index contributed by atoms with van der Waals surface area (Å²) in [7, 11) is 0. The molecule has 0 spiro atoms. The molecule has 3 rings (SSSR count). The molecule has 1 aliphatic heterocycles. The molecule has 0 radical (unpaired) electrons. The SMILES string of the molecule is CCCCN(Cc1ccccc1)C(=O)C1CCN(Cc2ccccc2F)CC1. The molecular formula is C24H31FN2O. The molecule has 0 unspecified atom stereocenters.